The molecule has 0 unspecified atom stereocenters. The molecule has 0 N–H and O–H groups in total. The lowest BCUT2D eigenvalue weighted by atomic mass is 9.61. The first kappa shape index (κ1) is 8.00. The molecular formula is C10H15NO. The van der Waals surface area contributed by atoms with E-state index >= 15 is 0 Å². The molecule has 2 fully saturated rings. The van der Waals surface area contributed by atoms with Crippen LogP contribution < -0.4 is 0 Å². The van der Waals surface area contributed by atoms with Crippen LogP contribution in [0.4, 0.5) is 0 Å². The Labute approximate surface area is 73.1 Å². The summed E-state index contributed by atoms with van der Waals surface area (Å²) in [6, 6.07) is 0. The largest absolute Gasteiger partial charge is 0.235 e. The summed E-state index contributed by atoms with van der Waals surface area (Å²) in [5.41, 5.74) is 0.437. The Kier molecular flexibility index (Phi) is 1.62. The smallest absolute Gasteiger partial charge is 0.211 e. The molecule has 0 aromatic rings. The van der Waals surface area contributed by atoms with Crippen LogP contribution in [0.15, 0.2) is 4.99 Å². The number of isocyanates is 1. The van der Waals surface area contributed by atoms with Gasteiger partial charge in [-0.05, 0) is 37.5 Å². The van der Waals surface area contributed by atoms with Gasteiger partial charge in [0.05, 0.1) is 5.54 Å². The van der Waals surface area contributed by atoms with Crippen LogP contribution in [0.5, 0.6) is 0 Å². The van der Waals surface area contributed by atoms with Crippen LogP contribution in [-0.4, -0.2) is 11.6 Å². The second kappa shape index (κ2) is 2.43. The summed E-state index contributed by atoms with van der Waals surface area (Å²) < 4.78 is 0. The fourth-order valence-electron chi connectivity index (χ4n) is 2.72. The highest BCUT2D eigenvalue weighted by atomic mass is 16.1. The van der Waals surface area contributed by atoms with Gasteiger partial charge in [-0.15, -0.1) is 0 Å². The van der Waals surface area contributed by atoms with E-state index < -0.39 is 0 Å². The van der Waals surface area contributed by atoms with Crippen LogP contribution >= 0.6 is 0 Å². The van der Waals surface area contributed by atoms with Crippen LogP contribution in [0.3, 0.4) is 0 Å². The van der Waals surface area contributed by atoms with Gasteiger partial charge < -0.3 is 0 Å². The van der Waals surface area contributed by atoms with Crippen molar-refractivity contribution in [1.29, 1.82) is 0 Å². The monoisotopic (exact) mass is 165 g/mol. The van der Waals surface area contributed by atoms with Gasteiger partial charge in [-0.25, -0.2) is 4.79 Å². The second-order valence-corrected chi connectivity index (χ2v) is 4.22. The molecule has 2 aliphatic carbocycles. The van der Waals surface area contributed by atoms with Gasteiger partial charge in [-0.3, -0.25) is 0 Å². The third kappa shape index (κ3) is 0.818. The van der Waals surface area contributed by atoms with E-state index in [2.05, 4.69) is 11.9 Å². The lowest BCUT2D eigenvalue weighted by Gasteiger charge is -2.45. The molecule has 0 aromatic heterocycles. The summed E-state index contributed by atoms with van der Waals surface area (Å²) in [5.74, 6) is 0. The van der Waals surface area contributed by atoms with E-state index in [9.17, 15) is 4.79 Å². The molecule has 2 nitrogen and oxygen atoms in total. The lowest BCUT2D eigenvalue weighted by Crippen LogP contribution is -2.41. The maximum absolute atomic E-state index is 10.3. The van der Waals surface area contributed by atoms with Crippen molar-refractivity contribution in [2.45, 2.75) is 51.0 Å². The Morgan fingerprint density at radius 3 is 2.25 bits per heavy atom. The molecule has 0 aliphatic heterocycles. The van der Waals surface area contributed by atoms with Crippen molar-refractivity contribution in [3.8, 4) is 0 Å². The maximum atomic E-state index is 10.3. The Balaban J connectivity index is 2.20. The first-order chi connectivity index (χ1) is 5.79. The number of aliphatic imine (C=N–C) groups is 1. The van der Waals surface area contributed by atoms with Crippen molar-refractivity contribution in [3.63, 3.8) is 0 Å². The van der Waals surface area contributed by atoms with Gasteiger partial charge in [0.25, 0.3) is 0 Å². The number of nitrogens with zero attached hydrogens (tertiary/aromatic N) is 1. The number of hydrogen-bond donors (Lipinski definition) is 0. The maximum Gasteiger partial charge on any atom is 0.235 e. The van der Waals surface area contributed by atoms with Gasteiger partial charge in [0.15, 0.2) is 0 Å². The van der Waals surface area contributed by atoms with Crippen LogP contribution in [0.1, 0.15) is 45.4 Å². The molecule has 0 heterocycles. The molecule has 66 valence electrons. The van der Waals surface area contributed by atoms with Crippen LogP contribution in [0.25, 0.3) is 0 Å². The highest BCUT2D eigenvalue weighted by Gasteiger charge is 2.61. The highest BCUT2D eigenvalue weighted by Crippen LogP contribution is 2.63. The number of rotatable bonds is 3. The van der Waals surface area contributed by atoms with Gasteiger partial charge in [0.2, 0.25) is 6.08 Å². The van der Waals surface area contributed by atoms with Crippen LogP contribution in [0, 0.1) is 5.41 Å². The molecule has 0 atom stereocenters. The highest BCUT2D eigenvalue weighted by molar-refractivity contribution is 5.38. The molecule has 0 bridgehead atoms. The third-order valence-electron chi connectivity index (χ3n) is 3.96. The topological polar surface area (TPSA) is 29.4 Å². The molecule has 0 radical (unpaired) electrons. The molecular weight excluding hydrogens is 150 g/mol. The van der Waals surface area contributed by atoms with Crippen molar-refractivity contribution in [2.24, 2.45) is 10.4 Å². The molecule has 0 aromatic carbocycles. The molecule has 2 aliphatic rings. The van der Waals surface area contributed by atoms with Crippen LogP contribution in [-0.2, 0) is 4.79 Å². The number of hydrogen-bond acceptors (Lipinski definition) is 2. The van der Waals surface area contributed by atoms with Crippen molar-refractivity contribution >= 4 is 6.08 Å². The van der Waals surface area contributed by atoms with E-state index in [1.165, 1.54) is 25.7 Å². The van der Waals surface area contributed by atoms with E-state index in [4.69, 9.17) is 0 Å². The van der Waals surface area contributed by atoms with Gasteiger partial charge in [0, 0.05) is 0 Å². The molecule has 2 rings (SSSR count). The summed E-state index contributed by atoms with van der Waals surface area (Å²) in [6.45, 7) is 2.22. The predicted octanol–water partition coefficient (Wildman–Crippen LogP) is 2.44. The van der Waals surface area contributed by atoms with Gasteiger partial charge >= 0.3 is 0 Å². The molecule has 12 heavy (non-hydrogen) atoms. The summed E-state index contributed by atoms with van der Waals surface area (Å²) in [6.07, 6.45) is 9.04. The summed E-state index contributed by atoms with van der Waals surface area (Å²) in [5, 5.41) is 0. The van der Waals surface area contributed by atoms with E-state index in [-0.39, 0.29) is 5.54 Å². The minimum absolute atomic E-state index is 0.0434. The minimum atomic E-state index is 0.0434. The molecule has 2 saturated carbocycles. The van der Waals surface area contributed by atoms with E-state index in [1.54, 1.807) is 6.08 Å². The minimum Gasteiger partial charge on any atom is -0.211 e. The second-order valence-electron chi connectivity index (χ2n) is 4.22. The van der Waals surface area contributed by atoms with Gasteiger partial charge in [-0.2, -0.15) is 4.99 Å². The molecule has 0 saturated heterocycles. The predicted molar refractivity (Wildman–Crippen MR) is 46.7 cm³/mol. The standard InChI is InChI=1S/C10H15NO/c1-2-9(4-3-5-9)10(6-7-10)11-8-12/h2-7H2,1H3. The fourth-order valence-corrected chi connectivity index (χ4v) is 2.72. The Morgan fingerprint density at radius 2 is 2.00 bits per heavy atom. The summed E-state index contributed by atoms with van der Waals surface area (Å²) >= 11 is 0. The molecule has 2 heteroatoms. The van der Waals surface area contributed by atoms with Crippen molar-refractivity contribution in [3.05, 3.63) is 0 Å². The first-order valence-electron chi connectivity index (χ1n) is 4.88. The molecule has 0 amide bonds. The summed E-state index contributed by atoms with van der Waals surface area (Å²) in [4.78, 5) is 14.3. The lowest BCUT2D eigenvalue weighted by molar-refractivity contribution is 0.0763. The Bertz CT molecular complexity index is 227. The van der Waals surface area contributed by atoms with E-state index in [0.717, 1.165) is 12.8 Å². The zero-order valence-electron chi connectivity index (χ0n) is 7.60. The van der Waals surface area contributed by atoms with Crippen molar-refractivity contribution < 1.29 is 4.79 Å². The number of carbonyl (C=O) groups excluding carboxylic acids is 1. The summed E-state index contributed by atoms with van der Waals surface area (Å²) in [7, 11) is 0. The van der Waals surface area contributed by atoms with Crippen LogP contribution in [0.2, 0.25) is 0 Å². The quantitative estimate of drug-likeness (QED) is 0.466. The van der Waals surface area contributed by atoms with Gasteiger partial charge in [0.1, 0.15) is 0 Å². The van der Waals surface area contributed by atoms with Crippen molar-refractivity contribution in [1.82, 2.24) is 0 Å². The average molecular weight is 165 g/mol. The Morgan fingerprint density at radius 1 is 1.33 bits per heavy atom. The molecule has 0 spiro atoms. The van der Waals surface area contributed by atoms with E-state index in [0.29, 0.717) is 5.41 Å². The van der Waals surface area contributed by atoms with Crippen molar-refractivity contribution in [2.75, 3.05) is 0 Å². The zero-order chi connectivity index (χ0) is 8.66. The zero-order valence-corrected chi connectivity index (χ0v) is 7.60. The Hall–Kier alpha value is -0.620. The van der Waals surface area contributed by atoms with Gasteiger partial charge in [-0.1, -0.05) is 13.3 Å². The third-order valence-corrected chi connectivity index (χ3v) is 3.96. The first-order valence-corrected chi connectivity index (χ1v) is 4.88. The SMILES string of the molecule is CCC1(C2(N=C=O)CC2)CCC1. The average Bonchev–Trinajstić information content (AvgIpc) is 2.69. The van der Waals surface area contributed by atoms with E-state index in [1.807, 2.05) is 0 Å². The fraction of sp³-hybridized carbons (Fsp3) is 0.900. The normalized spacial score (nSPS) is 28.4.